The van der Waals surface area contributed by atoms with Gasteiger partial charge in [-0.2, -0.15) is 0 Å². The molecule has 12 heavy (non-hydrogen) atoms. The Morgan fingerprint density at radius 2 is 2.08 bits per heavy atom. The predicted octanol–water partition coefficient (Wildman–Crippen LogP) is 0.627. The summed E-state index contributed by atoms with van der Waals surface area (Å²) in [5.41, 5.74) is 0. The summed E-state index contributed by atoms with van der Waals surface area (Å²) in [6.07, 6.45) is -0.194. The lowest BCUT2D eigenvalue weighted by molar-refractivity contribution is -0.169. The fourth-order valence-electron chi connectivity index (χ4n) is 0.703. The van der Waals surface area contributed by atoms with Crippen LogP contribution in [0.3, 0.4) is 0 Å². The molecule has 0 saturated carbocycles. The van der Waals surface area contributed by atoms with E-state index in [2.05, 4.69) is 4.74 Å². The van der Waals surface area contributed by atoms with E-state index in [9.17, 15) is 9.59 Å². The predicted molar refractivity (Wildman–Crippen MR) is 42.3 cm³/mol. The highest BCUT2D eigenvalue weighted by atomic mass is 16.6. The van der Waals surface area contributed by atoms with Crippen LogP contribution < -0.4 is 0 Å². The summed E-state index contributed by atoms with van der Waals surface area (Å²) < 4.78 is 4.50. The van der Waals surface area contributed by atoms with Crippen LogP contribution in [-0.2, 0) is 14.3 Å². The summed E-state index contributed by atoms with van der Waals surface area (Å²) >= 11 is 0. The molecule has 0 rings (SSSR count). The standard InChI is InChI=1S/C8H14O4/c1-3-4-7(10)12-8(11)5-6(2)9/h7,10H,3-5H2,1-2H3/t7-/m1/s1. The number of rotatable bonds is 5. The van der Waals surface area contributed by atoms with Crippen molar-refractivity contribution in [1.82, 2.24) is 0 Å². The lowest BCUT2D eigenvalue weighted by atomic mass is 10.3. The van der Waals surface area contributed by atoms with Crippen molar-refractivity contribution in [3.8, 4) is 0 Å². The van der Waals surface area contributed by atoms with Crippen molar-refractivity contribution in [2.75, 3.05) is 0 Å². The highest BCUT2D eigenvalue weighted by Crippen LogP contribution is 2.00. The largest absolute Gasteiger partial charge is 0.436 e. The van der Waals surface area contributed by atoms with E-state index in [0.29, 0.717) is 6.42 Å². The van der Waals surface area contributed by atoms with Crippen LogP contribution in [0.25, 0.3) is 0 Å². The minimum absolute atomic E-state index is 0.260. The van der Waals surface area contributed by atoms with E-state index in [1.165, 1.54) is 6.92 Å². The maximum atomic E-state index is 10.7. The molecule has 4 nitrogen and oxygen atoms in total. The van der Waals surface area contributed by atoms with Gasteiger partial charge >= 0.3 is 5.97 Å². The van der Waals surface area contributed by atoms with Crippen LogP contribution in [0, 0.1) is 0 Å². The van der Waals surface area contributed by atoms with E-state index in [1.807, 2.05) is 6.92 Å². The molecule has 0 aliphatic carbocycles. The number of Topliss-reactive ketones (excluding diaryl/α,β-unsaturated/α-hetero) is 1. The molecule has 0 aromatic heterocycles. The fraction of sp³-hybridized carbons (Fsp3) is 0.750. The van der Waals surface area contributed by atoms with Crippen LogP contribution in [0.4, 0.5) is 0 Å². The summed E-state index contributed by atoms with van der Waals surface area (Å²) in [6.45, 7) is 3.16. The molecule has 1 N–H and O–H groups in total. The van der Waals surface area contributed by atoms with Crippen molar-refractivity contribution >= 4 is 11.8 Å². The molecule has 0 aromatic rings. The van der Waals surface area contributed by atoms with Gasteiger partial charge in [0, 0.05) is 6.42 Å². The Balaban J connectivity index is 3.61. The molecule has 0 amide bonds. The molecule has 0 aliphatic rings. The third-order valence-corrected chi connectivity index (χ3v) is 1.20. The molecule has 70 valence electrons. The van der Waals surface area contributed by atoms with Crippen LogP contribution in [0.15, 0.2) is 0 Å². The number of ketones is 1. The summed E-state index contributed by atoms with van der Waals surface area (Å²) in [5.74, 6) is -0.924. The van der Waals surface area contributed by atoms with E-state index in [1.54, 1.807) is 0 Å². The lowest BCUT2D eigenvalue weighted by Crippen LogP contribution is -2.18. The van der Waals surface area contributed by atoms with Gasteiger partial charge in [-0.05, 0) is 6.92 Å². The maximum absolute atomic E-state index is 10.7. The molecule has 0 saturated heterocycles. The molecular formula is C8H14O4. The minimum Gasteiger partial charge on any atom is -0.436 e. The third kappa shape index (κ3) is 5.85. The fourth-order valence-corrected chi connectivity index (χ4v) is 0.703. The van der Waals surface area contributed by atoms with Gasteiger partial charge in [0.2, 0.25) is 6.29 Å². The SMILES string of the molecule is CCC[C@H](O)OC(=O)CC(C)=O. The van der Waals surface area contributed by atoms with Gasteiger partial charge in [0.15, 0.2) is 0 Å². The van der Waals surface area contributed by atoms with Crippen LogP contribution in [0.1, 0.15) is 33.1 Å². The first-order chi connectivity index (χ1) is 5.56. The Morgan fingerprint density at radius 1 is 1.50 bits per heavy atom. The number of hydrogen-bond acceptors (Lipinski definition) is 4. The van der Waals surface area contributed by atoms with E-state index in [0.717, 1.165) is 6.42 Å². The molecule has 0 fully saturated rings. The van der Waals surface area contributed by atoms with Gasteiger partial charge in [0.1, 0.15) is 12.2 Å². The summed E-state index contributed by atoms with van der Waals surface area (Å²) in [4.78, 5) is 21.1. The Morgan fingerprint density at radius 3 is 2.50 bits per heavy atom. The van der Waals surface area contributed by atoms with E-state index in [4.69, 9.17) is 5.11 Å². The summed E-state index contributed by atoms with van der Waals surface area (Å²) in [6, 6.07) is 0. The second kappa shape index (κ2) is 5.71. The van der Waals surface area contributed by atoms with Gasteiger partial charge in [0.25, 0.3) is 0 Å². The highest BCUT2D eigenvalue weighted by Gasteiger charge is 2.11. The average Bonchev–Trinajstić information content (AvgIpc) is 1.84. The molecule has 0 radical (unpaired) electrons. The normalized spacial score (nSPS) is 12.2. The van der Waals surface area contributed by atoms with E-state index >= 15 is 0 Å². The zero-order valence-electron chi connectivity index (χ0n) is 7.37. The minimum atomic E-state index is -1.07. The number of esters is 1. The second-order valence-corrected chi connectivity index (χ2v) is 2.61. The third-order valence-electron chi connectivity index (χ3n) is 1.20. The number of ether oxygens (including phenoxy) is 1. The molecule has 0 bridgehead atoms. The quantitative estimate of drug-likeness (QED) is 0.377. The van der Waals surface area contributed by atoms with Crippen molar-refractivity contribution in [3.05, 3.63) is 0 Å². The van der Waals surface area contributed by atoms with E-state index in [-0.39, 0.29) is 12.2 Å². The molecule has 0 aliphatic heterocycles. The van der Waals surface area contributed by atoms with Gasteiger partial charge in [-0.1, -0.05) is 13.3 Å². The highest BCUT2D eigenvalue weighted by molar-refractivity contribution is 5.94. The Bertz CT molecular complexity index is 164. The van der Waals surface area contributed by atoms with E-state index < -0.39 is 12.3 Å². The smallest absolute Gasteiger partial charge is 0.315 e. The average molecular weight is 174 g/mol. The number of carbonyl (C=O) groups is 2. The second-order valence-electron chi connectivity index (χ2n) is 2.61. The number of aliphatic hydroxyl groups excluding tert-OH is 1. The number of carbonyl (C=O) groups excluding carboxylic acids is 2. The maximum Gasteiger partial charge on any atom is 0.315 e. The topological polar surface area (TPSA) is 63.6 Å². The molecule has 0 unspecified atom stereocenters. The van der Waals surface area contributed by atoms with Crippen molar-refractivity contribution in [3.63, 3.8) is 0 Å². The molecule has 1 atom stereocenters. The van der Waals surface area contributed by atoms with Crippen LogP contribution in [0.2, 0.25) is 0 Å². The van der Waals surface area contributed by atoms with Gasteiger partial charge in [0.05, 0.1) is 0 Å². The van der Waals surface area contributed by atoms with Gasteiger partial charge in [-0.25, -0.2) is 0 Å². The monoisotopic (exact) mass is 174 g/mol. The zero-order chi connectivity index (χ0) is 9.56. The zero-order valence-corrected chi connectivity index (χ0v) is 7.37. The lowest BCUT2D eigenvalue weighted by Gasteiger charge is -2.09. The van der Waals surface area contributed by atoms with Crippen molar-refractivity contribution < 1.29 is 19.4 Å². The molecule has 0 aromatic carbocycles. The number of aliphatic hydroxyl groups is 1. The van der Waals surface area contributed by atoms with Crippen molar-refractivity contribution in [2.45, 2.75) is 39.4 Å². The van der Waals surface area contributed by atoms with Crippen LogP contribution in [-0.4, -0.2) is 23.1 Å². The van der Waals surface area contributed by atoms with Gasteiger partial charge in [-0.3, -0.25) is 9.59 Å². The van der Waals surface area contributed by atoms with Crippen molar-refractivity contribution in [1.29, 1.82) is 0 Å². The molecule has 0 heterocycles. The van der Waals surface area contributed by atoms with Crippen molar-refractivity contribution in [2.24, 2.45) is 0 Å². The summed E-state index contributed by atoms with van der Waals surface area (Å²) in [5, 5.41) is 8.98. The van der Waals surface area contributed by atoms with Crippen LogP contribution in [0.5, 0.6) is 0 Å². The van der Waals surface area contributed by atoms with Gasteiger partial charge in [-0.15, -0.1) is 0 Å². The first kappa shape index (κ1) is 11.1. The Kier molecular flexibility index (Phi) is 5.28. The molecule has 4 heteroatoms. The molecular weight excluding hydrogens is 160 g/mol. The first-order valence-electron chi connectivity index (χ1n) is 3.93. The Labute approximate surface area is 71.5 Å². The molecule has 0 spiro atoms. The van der Waals surface area contributed by atoms with Gasteiger partial charge < -0.3 is 9.84 Å². The number of hydrogen-bond donors (Lipinski definition) is 1. The Hall–Kier alpha value is -0.900. The van der Waals surface area contributed by atoms with Crippen LogP contribution >= 0.6 is 0 Å². The summed E-state index contributed by atoms with van der Waals surface area (Å²) in [7, 11) is 0. The first-order valence-corrected chi connectivity index (χ1v) is 3.93.